The standard InChI is InChI=1S/C37H37N5O3/c1-4-37(43)45-26-12-6-5-11-25-44-36-24-22-34(30-14-8-10-16-32(30)36)41-39-28-19-17-27(18-20-28)38-40-33-21-23-35(42(2)3)31-15-9-7-13-29(31)33/h4,7-10,13-24H,1,5-6,11-12,25-26H2,2-3H3. The van der Waals surface area contributed by atoms with Crippen LogP contribution < -0.4 is 9.64 Å². The van der Waals surface area contributed by atoms with E-state index < -0.39 is 0 Å². The summed E-state index contributed by atoms with van der Waals surface area (Å²) in [5.41, 5.74) is 4.19. The molecule has 0 bridgehead atoms. The number of carbonyl (C=O) groups excluding carboxylic acids is 1. The lowest BCUT2D eigenvalue weighted by Gasteiger charge is -2.16. The lowest BCUT2D eigenvalue weighted by Crippen LogP contribution is -2.08. The Morgan fingerprint density at radius 3 is 1.78 bits per heavy atom. The van der Waals surface area contributed by atoms with Gasteiger partial charge >= 0.3 is 5.97 Å². The number of hydrogen-bond donors (Lipinski definition) is 0. The lowest BCUT2D eigenvalue weighted by molar-refractivity contribution is -0.137. The summed E-state index contributed by atoms with van der Waals surface area (Å²) in [6.45, 7) is 4.43. The summed E-state index contributed by atoms with van der Waals surface area (Å²) < 4.78 is 11.1. The average Bonchev–Trinajstić information content (AvgIpc) is 3.07. The highest BCUT2D eigenvalue weighted by Gasteiger charge is 2.08. The Bertz CT molecular complexity index is 1830. The first kappa shape index (κ1) is 31.1. The van der Waals surface area contributed by atoms with Gasteiger partial charge in [0.1, 0.15) is 5.75 Å². The Hall–Kier alpha value is -5.37. The van der Waals surface area contributed by atoms with Crippen molar-refractivity contribution in [3.05, 3.63) is 110 Å². The third kappa shape index (κ3) is 8.17. The van der Waals surface area contributed by atoms with Crippen LogP contribution in [0.2, 0.25) is 0 Å². The molecule has 0 N–H and O–H groups in total. The summed E-state index contributed by atoms with van der Waals surface area (Å²) in [5, 5.41) is 22.2. The molecular formula is C37H37N5O3. The normalized spacial score (nSPS) is 11.4. The fourth-order valence-corrected chi connectivity index (χ4v) is 4.99. The number of fused-ring (bicyclic) bond motifs is 2. The monoisotopic (exact) mass is 599 g/mol. The van der Waals surface area contributed by atoms with E-state index in [4.69, 9.17) is 9.47 Å². The Balaban J connectivity index is 1.20. The molecule has 0 radical (unpaired) electrons. The van der Waals surface area contributed by atoms with Crippen molar-refractivity contribution in [2.45, 2.75) is 25.7 Å². The molecule has 45 heavy (non-hydrogen) atoms. The molecule has 0 heterocycles. The van der Waals surface area contributed by atoms with Crippen molar-refractivity contribution in [2.24, 2.45) is 20.5 Å². The van der Waals surface area contributed by atoms with E-state index in [1.807, 2.05) is 93.0 Å². The van der Waals surface area contributed by atoms with Gasteiger partial charge in [0.05, 0.1) is 36.0 Å². The second kappa shape index (κ2) is 15.4. The van der Waals surface area contributed by atoms with Crippen molar-refractivity contribution in [3.8, 4) is 5.75 Å². The Morgan fingerprint density at radius 1 is 0.644 bits per heavy atom. The molecule has 0 saturated heterocycles. The molecule has 0 spiro atoms. The molecule has 228 valence electrons. The number of rotatable bonds is 14. The molecule has 5 aromatic rings. The summed E-state index contributed by atoms with van der Waals surface area (Å²) in [5.74, 6) is 0.448. The minimum absolute atomic E-state index is 0.374. The van der Waals surface area contributed by atoms with Crippen LogP contribution in [0.3, 0.4) is 0 Å². The number of benzene rings is 5. The highest BCUT2D eigenvalue weighted by Crippen LogP contribution is 2.36. The van der Waals surface area contributed by atoms with Gasteiger partial charge in [-0.2, -0.15) is 10.2 Å². The molecule has 0 atom stereocenters. The topological polar surface area (TPSA) is 88.2 Å². The molecule has 0 aliphatic rings. The van der Waals surface area contributed by atoms with E-state index in [0.29, 0.717) is 13.2 Å². The molecule has 0 saturated carbocycles. The third-order valence-electron chi connectivity index (χ3n) is 7.32. The van der Waals surface area contributed by atoms with Gasteiger partial charge in [0.25, 0.3) is 0 Å². The van der Waals surface area contributed by atoms with Gasteiger partial charge in [-0.1, -0.05) is 55.1 Å². The maximum Gasteiger partial charge on any atom is 0.330 e. The van der Waals surface area contributed by atoms with Crippen LogP contribution in [0, 0.1) is 0 Å². The second-order valence-corrected chi connectivity index (χ2v) is 10.7. The Labute approximate surface area is 263 Å². The number of carbonyl (C=O) groups is 1. The summed E-state index contributed by atoms with van der Waals surface area (Å²) >= 11 is 0. The van der Waals surface area contributed by atoms with Gasteiger partial charge in [0, 0.05) is 47.4 Å². The predicted molar refractivity (Wildman–Crippen MR) is 182 cm³/mol. The molecule has 0 fully saturated rings. The van der Waals surface area contributed by atoms with Crippen molar-refractivity contribution in [3.63, 3.8) is 0 Å². The summed E-state index contributed by atoms with van der Waals surface area (Å²) in [6, 6.07) is 31.8. The maximum absolute atomic E-state index is 11.1. The molecule has 0 unspecified atom stereocenters. The fourth-order valence-electron chi connectivity index (χ4n) is 4.99. The van der Waals surface area contributed by atoms with Crippen LogP contribution in [0.5, 0.6) is 5.75 Å². The first-order valence-corrected chi connectivity index (χ1v) is 15.1. The largest absolute Gasteiger partial charge is 0.493 e. The van der Waals surface area contributed by atoms with Crippen molar-refractivity contribution in [2.75, 3.05) is 32.2 Å². The average molecular weight is 600 g/mol. The number of anilines is 1. The molecule has 0 aromatic heterocycles. The van der Waals surface area contributed by atoms with Gasteiger partial charge in [-0.15, -0.1) is 10.2 Å². The molecule has 8 nitrogen and oxygen atoms in total. The number of esters is 1. The molecule has 0 aliphatic heterocycles. The number of nitrogens with zero attached hydrogens (tertiary/aromatic N) is 5. The minimum atomic E-state index is -0.374. The first-order chi connectivity index (χ1) is 22.0. The number of azo groups is 2. The molecule has 8 heteroatoms. The van der Waals surface area contributed by atoms with Crippen LogP contribution in [0.15, 0.2) is 130 Å². The predicted octanol–water partition coefficient (Wildman–Crippen LogP) is 10.6. The van der Waals surface area contributed by atoms with Crippen molar-refractivity contribution in [1.29, 1.82) is 0 Å². The zero-order chi connectivity index (χ0) is 31.4. The molecule has 5 aromatic carbocycles. The molecular weight excluding hydrogens is 562 g/mol. The Kier molecular flexibility index (Phi) is 10.6. The molecule has 0 aliphatic carbocycles. The van der Waals surface area contributed by atoms with Crippen LogP contribution in [0.1, 0.15) is 25.7 Å². The van der Waals surface area contributed by atoms with E-state index >= 15 is 0 Å². The van der Waals surface area contributed by atoms with Crippen LogP contribution in [0.25, 0.3) is 21.5 Å². The Morgan fingerprint density at radius 2 is 1.18 bits per heavy atom. The number of ether oxygens (including phenoxy) is 2. The summed E-state index contributed by atoms with van der Waals surface area (Å²) in [7, 11) is 4.07. The van der Waals surface area contributed by atoms with Crippen LogP contribution in [-0.4, -0.2) is 33.3 Å². The fraction of sp³-hybridized carbons (Fsp3) is 0.216. The van der Waals surface area contributed by atoms with E-state index in [9.17, 15) is 4.79 Å². The van der Waals surface area contributed by atoms with E-state index in [1.165, 1.54) is 6.08 Å². The number of hydrogen-bond acceptors (Lipinski definition) is 8. The lowest BCUT2D eigenvalue weighted by atomic mass is 10.1. The minimum Gasteiger partial charge on any atom is -0.493 e. The van der Waals surface area contributed by atoms with Crippen molar-refractivity contribution < 1.29 is 14.3 Å². The third-order valence-corrected chi connectivity index (χ3v) is 7.32. The summed E-state index contributed by atoms with van der Waals surface area (Å²) in [6.07, 6.45) is 4.90. The second-order valence-electron chi connectivity index (χ2n) is 10.7. The molecule has 0 amide bonds. The van der Waals surface area contributed by atoms with E-state index in [1.54, 1.807) is 0 Å². The van der Waals surface area contributed by atoms with Crippen LogP contribution >= 0.6 is 0 Å². The van der Waals surface area contributed by atoms with E-state index in [0.717, 1.165) is 81.4 Å². The van der Waals surface area contributed by atoms with Gasteiger partial charge in [0.15, 0.2) is 0 Å². The summed E-state index contributed by atoms with van der Waals surface area (Å²) in [4.78, 5) is 13.2. The van der Waals surface area contributed by atoms with Crippen LogP contribution in [0.4, 0.5) is 28.4 Å². The smallest absolute Gasteiger partial charge is 0.330 e. The van der Waals surface area contributed by atoms with Crippen LogP contribution in [-0.2, 0) is 9.53 Å². The van der Waals surface area contributed by atoms with E-state index in [-0.39, 0.29) is 5.97 Å². The molecule has 5 rings (SSSR count). The number of unbranched alkanes of at least 4 members (excludes halogenated alkanes) is 3. The highest BCUT2D eigenvalue weighted by molar-refractivity contribution is 6.01. The first-order valence-electron chi connectivity index (χ1n) is 15.1. The van der Waals surface area contributed by atoms with Gasteiger partial charge in [0.2, 0.25) is 0 Å². The maximum atomic E-state index is 11.1. The van der Waals surface area contributed by atoms with Crippen molar-refractivity contribution >= 4 is 56.0 Å². The zero-order valence-electron chi connectivity index (χ0n) is 25.7. The zero-order valence-corrected chi connectivity index (χ0v) is 25.7. The van der Waals surface area contributed by atoms with Crippen molar-refractivity contribution in [1.82, 2.24) is 0 Å². The van der Waals surface area contributed by atoms with Gasteiger partial charge in [-0.05, 0) is 74.2 Å². The van der Waals surface area contributed by atoms with Gasteiger partial charge in [-0.25, -0.2) is 4.79 Å². The van der Waals surface area contributed by atoms with Gasteiger partial charge in [-0.3, -0.25) is 0 Å². The SMILES string of the molecule is C=CC(=O)OCCCCCCOc1ccc(N=Nc2ccc(N=Nc3ccc(N(C)C)c4ccccc34)cc2)c2ccccc12. The van der Waals surface area contributed by atoms with Gasteiger partial charge < -0.3 is 14.4 Å². The highest BCUT2D eigenvalue weighted by atomic mass is 16.5. The van der Waals surface area contributed by atoms with E-state index in [2.05, 4.69) is 50.1 Å². The quantitative estimate of drug-likeness (QED) is 0.0550.